The minimum Gasteiger partial charge on any atom is -0.481 e. The van der Waals surface area contributed by atoms with Crippen LogP contribution < -0.4 is 4.74 Å². The summed E-state index contributed by atoms with van der Waals surface area (Å²) in [5.41, 5.74) is 0.182. The molecule has 1 unspecified atom stereocenters. The molecule has 20 heavy (non-hydrogen) atoms. The van der Waals surface area contributed by atoms with Gasteiger partial charge in [0.2, 0.25) is 0 Å². The molecule has 1 rings (SSSR count). The Morgan fingerprint density at radius 1 is 1.45 bits per heavy atom. The Labute approximate surface area is 121 Å². The van der Waals surface area contributed by atoms with Gasteiger partial charge in [-0.25, -0.2) is 0 Å². The highest BCUT2D eigenvalue weighted by atomic mass is 16.5. The molecule has 1 aromatic carbocycles. The molecule has 4 heteroatoms. The molecular weight excluding hydrogens is 254 g/mol. The van der Waals surface area contributed by atoms with E-state index in [0.717, 1.165) is 5.56 Å². The van der Waals surface area contributed by atoms with Crippen LogP contribution in [-0.2, 0) is 4.79 Å². The van der Waals surface area contributed by atoms with Crippen molar-refractivity contribution in [3.8, 4) is 5.75 Å². The Morgan fingerprint density at radius 3 is 2.60 bits per heavy atom. The van der Waals surface area contributed by atoms with E-state index < -0.39 is 11.7 Å². The molecule has 1 aromatic rings. The van der Waals surface area contributed by atoms with Gasteiger partial charge in [-0.1, -0.05) is 19.1 Å². The van der Waals surface area contributed by atoms with Crippen molar-refractivity contribution in [2.75, 3.05) is 13.6 Å². The molecule has 1 atom stereocenters. The lowest BCUT2D eigenvalue weighted by molar-refractivity contribution is -0.140. The summed E-state index contributed by atoms with van der Waals surface area (Å²) in [6.07, 6.45) is 0.0623. The number of carbonyl (C=O) groups excluding carboxylic acids is 1. The predicted octanol–water partition coefficient (Wildman–Crippen LogP) is 2.38. The molecule has 0 saturated carbocycles. The van der Waals surface area contributed by atoms with Crippen molar-refractivity contribution < 1.29 is 14.6 Å². The minimum atomic E-state index is -0.911. The summed E-state index contributed by atoms with van der Waals surface area (Å²) in [7, 11) is 1.68. The number of benzene rings is 1. The van der Waals surface area contributed by atoms with Crippen molar-refractivity contribution in [2.45, 2.75) is 45.8 Å². The molecule has 4 nitrogen and oxygen atoms in total. The summed E-state index contributed by atoms with van der Waals surface area (Å²) >= 11 is 0. The normalized spacial score (nSPS) is 12.9. The number of carbonyl (C=O) groups is 1. The quantitative estimate of drug-likeness (QED) is 0.870. The maximum atomic E-state index is 12.3. The van der Waals surface area contributed by atoms with Crippen LogP contribution in [0.25, 0.3) is 0 Å². The highest BCUT2D eigenvalue weighted by Crippen LogP contribution is 2.17. The molecule has 0 aliphatic rings. The van der Waals surface area contributed by atoms with Crippen LogP contribution >= 0.6 is 0 Å². The third-order valence-electron chi connectivity index (χ3n) is 2.91. The van der Waals surface area contributed by atoms with Gasteiger partial charge in [0.15, 0.2) is 6.10 Å². The number of nitrogens with zero attached hydrogens (tertiary/aromatic N) is 1. The van der Waals surface area contributed by atoms with Crippen LogP contribution in [0.1, 0.15) is 32.8 Å². The van der Waals surface area contributed by atoms with E-state index in [1.165, 1.54) is 4.90 Å². The molecule has 0 spiro atoms. The van der Waals surface area contributed by atoms with Crippen LogP contribution in [0, 0.1) is 6.92 Å². The van der Waals surface area contributed by atoms with Crippen LogP contribution in [0.3, 0.4) is 0 Å². The molecule has 0 aliphatic carbocycles. The van der Waals surface area contributed by atoms with Gasteiger partial charge in [-0.2, -0.15) is 0 Å². The smallest absolute Gasteiger partial charge is 0.263 e. The summed E-state index contributed by atoms with van der Waals surface area (Å²) in [6.45, 7) is 7.53. The lowest BCUT2D eigenvalue weighted by Gasteiger charge is -2.28. The number of aliphatic hydroxyl groups is 1. The fourth-order valence-corrected chi connectivity index (χ4v) is 2.07. The molecule has 0 aliphatic heterocycles. The van der Waals surface area contributed by atoms with Crippen LogP contribution in [-0.4, -0.2) is 41.2 Å². The first-order valence-corrected chi connectivity index (χ1v) is 6.93. The SMILES string of the molecule is CCC(Oc1cccc(C)c1)C(=O)N(C)CC(C)(C)O. The standard InChI is InChI=1S/C16H25NO3/c1-6-14(15(18)17(5)11-16(3,4)19)20-13-9-7-8-12(2)10-13/h7-10,14,19H,6,11H2,1-5H3. The maximum Gasteiger partial charge on any atom is 0.263 e. The van der Waals surface area contributed by atoms with Gasteiger partial charge >= 0.3 is 0 Å². The van der Waals surface area contributed by atoms with Gasteiger partial charge in [-0.3, -0.25) is 4.79 Å². The predicted molar refractivity (Wildman–Crippen MR) is 79.8 cm³/mol. The fourth-order valence-electron chi connectivity index (χ4n) is 2.07. The summed E-state index contributed by atoms with van der Waals surface area (Å²) in [6, 6.07) is 7.64. The highest BCUT2D eigenvalue weighted by Gasteiger charge is 2.26. The Bertz CT molecular complexity index is 451. The zero-order chi connectivity index (χ0) is 15.3. The third-order valence-corrected chi connectivity index (χ3v) is 2.91. The third kappa shape index (κ3) is 5.21. The van der Waals surface area contributed by atoms with E-state index in [0.29, 0.717) is 12.2 Å². The van der Waals surface area contributed by atoms with Crippen molar-refractivity contribution in [1.29, 1.82) is 0 Å². The summed E-state index contributed by atoms with van der Waals surface area (Å²) in [5.74, 6) is 0.581. The Balaban J connectivity index is 2.73. The average Bonchev–Trinajstić information content (AvgIpc) is 2.33. The summed E-state index contributed by atoms with van der Waals surface area (Å²) < 4.78 is 5.77. The van der Waals surface area contributed by atoms with Crippen molar-refractivity contribution in [3.63, 3.8) is 0 Å². The fraction of sp³-hybridized carbons (Fsp3) is 0.562. The van der Waals surface area contributed by atoms with Gasteiger partial charge in [-0.15, -0.1) is 0 Å². The molecule has 0 fully saturated rings. The first-order valence-electron chi connectivity index (χ1n) is 6.93. The highest BCUT2D eigenvalue weighted by molar-refractivity contribution is 5.81. The number of aryl methyl sites for hydroxylation is 1. The molecule has 0 heterocycles. The number of ether oxygens (including phenoxy) is 1. The summed E-state index contributed by atoms with van der Waals surface area (Å²) in [5, 5.41) is 9.78. The zero-order valence-electron chi connectivity index (χ0n) is 13.0. The van der Waals surface area contributed by atoms with E-state index >= 15 is 0 Å². The molecule has 1 amide bonds. The van der Waals surface area contributed by atoms with Crippen LogP contribution in [0.4, 0.5) is 0 Å². The van der Waals surface area contributed by atoms with E-state index in [-0.39, 0.29) is 12.5 Å². The Kier molecular flexibility index (Phi) is 5.57. The van der Waals surface area contributed by atoms with Crippen LogP contribution in [0.2, 0.25) is 0 Å². The second kappa shape index (κ2) is 6.75. The Hall–Kier alpha value is -1.55. The average molecular weight is 279 g/mol. The molecule has 1 N–H and O–H groups in total. The van der Waals surface area contributed by atoms with Gasteiger partial charge in [0.05, 0.1) is 5.60 Å². The first-order chi connectivity index (χ1) is 9.23. The van der Waals surface area contributed by atoms with E-state index in [2.05, 4.69) is 0 Å². The lowest BCUT2D eigenvalue weighted by Crippen LogP contribution is -2.45. The van der Waals surface area contributed by atoms with Gasteiger partial charge in [0.1, 0.15) is 5.75 Å². The van der Waals surface area contributed by atoms with Crippen molar-refractivity contribution in [2.24, 2.45) is 0 Å². The largest absolute Gasteiger partial charge is 0.481 e. The minimum absolute atomic E-state index is 0.115. The number of rotatable bonds is 6. The van der Waals surface area contributed by atoms with Gasteiger partial charge in [0.25, 0.3) is 5.91 Å². The number of amides is 1. The Morgan fingerprint density at radius 2 is 2.10 bits per heavy atom. The molecular formula is C16H25NO3. The molecule has 0 aromatic heterocycles. The van der Waals surface area contributed by atoms with E-state index in [1.807, 2.05) is 38.1 Å². The second-order valence-electron chi connectivity index (χ2n) is 5.84. The van der Waals surface area contributed by atoms with E-state index in [9.17, 15) is 9.90 Å². The van der Waals surface area contributed by atoms with E-state index in [4.69, 9.17) is 4.74 Å². The number of hydrogen-bond donors (Lipinski definition) is 1. The molecule has 0 bridgehead atoms. The second-order valence-corrected chi connectivity index (χ2v) is 5.84. The summed E-state index contributed by atoms with van der Waals surface area (Å²) in [4.78, 5) is 13.8. The van der Waals surface area contributed by atoms with Gasteiger partial charge in [-0.05, 0) is 44.9 Å². The topological polar surface area (TPSA) is 49.8 Å². The molecule has 0 saturated heterocycles. The number of likely N-dealkylation sites (N-methyl/N-ethyl adjacent to an activating group) is 1. The maximum absolute atomic E-state index is 12.3. The molecule has 112 valence electrons. The zero-order valence-corrected chi connectivity index (χ0v) is 13.0. The number of hydrogen-bond acceptors (Lipinski definition) is 3. The van der Waals surface area contributed by atoms with E-state index in [1.54, 1.807) is 20.9 Å². The van der Waals surface area contributed by atoms with Crippen molar-refractivity contribution in [3.05, 3.63) is 29.8 Å². The van der Waals surface area contributed by atoms with Gasteiger partial charge in [0, 0.05) is 13.6 Å². The lowest BCUT2D eigenvalue weighted by atomic mass is 10.1. The van der Waals surface area contributed by atoms with Crippen molar-refractivity contribution in [1.82, 2.24) is 4.90 Å². The van der Waals surface area contributed by atoms with Crippen molar-refractivity contribution >= 4 is 5.91 Å². The first kappa shape index (κ1) is 16.5. The monoisotopic (exact) mass is 279 g/mol. The molecule has 0 radical (unpaired) electrons. The van der Waals surface area contributed by atoms with Gasteiger partial charge < -0.3 is 14.7 Å². The van der Waals surface area contributed by atoms with Crippen LogP contribution in [0.15, 0.2) is 24.3 Å². The van der Waals surface area contributed by atoms with Crippen LogP contribution in [0.5, 0.6) is 5.75 Å².